The number of likely N-dealkylation sites (N-methyl/N-ethyl adjacent to an activating group) is 1. The van der Waals surface area contributed by atoms with Gasteiger partial charge in [0.2, 0.25) is 0 Å². The van der Waals surface area contributed by atoms with Crippen LogP contribution in [0.3, 0.4) is 0 Å². The van der Waals surface area contributed by atoms with Gasteiger partial charge in [-0.15, -0.1) is 5.11 Å². The Kier molecular flexibility index (Phi) is 7.90. The van der Waals surface area contributed by atoms with Crippen molar-refractivity contribution < 1.29 is 4.74 Å². The van der Waals surface area contributed by atoms with E-state index < -0.39 is 0 Å². The summed E-state index contributed by atoms with van der Waals surface area (Å²) in [6, 6.07) is 19.5. The van der Waals surface area contributed by atoms with Crippen LogP contribution in [-0.4, -0.2) is 37.7 Å². The van der Waals surface area contributed by atoms with Crippen LogP contribution in [0.4, 0.5) is 11.4 Å². The van der Waals surface area contributed by atoms with Crippen LogP contribution in [0, 0.1) is 0 Å². The molecule has 0 saturated carbocycles. The van der Waals surface area contributed by atoms with Crippen LogP contribution in [0.15, 0.2) is 70.9 Å². The Hall–Kier alpha value is -2.80. The summed E-state index contributed by atoms with van der Waals surface area (Å²) in [5.41, 5.74) is 14.5. The zero-order chi connectivity index (χ0) is 21.3. The fraction of sp³-hybridized carbons (Fsp3) is 0.333. The molecular formula is C24H31N5O. The number of fused-ring (bicyclic) bond motifs is 1. The van der Waals surface area contributed by atoms with E-state index in [2.05, 4.69) is 29.0 Å². The Morgan fingerprint density at radius 2 is 1.60 bits per heavy atom. The summed E-state index contributed by atoms with van der Waals surface area (Å²) < 4.78 is 5.83. The van der Waals surface area contributed by atoms with Gasteiger partial charge in [0.25, 0.3) is 0 Å². The van der Waals surface area contributed by atoms with Crippen LogP contribution < -0.4 is 16.2 Å². The minimum atomic E-state index is -0.199. The summed E-state index contributed by atoms with van der Waals surface area (Å²) in [5.74, 6) is 0.840. The molecule has 158 valence electrons. The molecule has 3 rings (SSSR count). The first-order valence-electron chi connectivity index (χ1n) is 10.5. The van der Waals surface area contributed by atoms with E-state index in [9.17, 15) is 0 Å². The largest absolute Gasteiger partial charge is 0.492 e. The maximum absolute atomic E-state index is 6.16. The summed E-state index contributed by atoms with van der Waals surface area (Å²) in [6.07, 6.45) is 0. The molecule has 4 N–H and O–H groups in total. The Bertz CT molecular complexity index is 967. The van der Waals surface area contributed by atoms with Crippen molar-refractivity contribution in [3.8, 4) is 5.75 Å². The van der Waals surface area contributed by atoms with E-state index in [4.69, 9.17) is 16.2 Å². The first kappa shape index (κ1) is 21.9. The molecule has 1 unspecified atom stereocenters. The molecule has 0 aromatic heterocycles. The highest BCUT2D eigenvalue weighted by Crippen LogP contribution is 2.32. The lowest BCUT2D eigenvalue weighted by Gasteiger charge is -2.17. The summed E-state index contributed by atoms with van der Waals surface area (Å²) in [7, 11) is 0. The number of azo groups is 1. The second kappa shape index (κ2) is 10.8. The molecule has 0 aliphatic carbocycles. The van der Waals surface area contributed by atoms with Crippen molar-refractivity contribution >= 4 is 22.1 Å². The molecule has 0 saturated heterocycles. The van der Waals surface area contributed by atoms with Gasteiger partial charge in [0.15, 0.2) is 0 Å². The van der Waals surface area contributed by atoms with Gasteiger partial charge in [0.1, 0.15) is 12.4 Å². The van der Waals surface area contributed by atoms with Gasteiger partial charge in [-0.05, 0) is 54.4 Å². The molecule has 0 bridgehead atoms. The molecular weight excluding hydrogens is 374 g/mol. The SMILES string of the molecule is CCN(CC)CCOc1ccc(N=Nc2ccc(C(N)CN)c3ccccc23)cc1. The molecule has 0 aliphatic rings. The summed E-state index contributed by atoms with van der Waals surface area (Å²) in [6.45, 7) is 8.38. The maximum atomic E-state index is 6.16. The average Bonchev–Trinajstić information content (AvgIpc) is 2.80. The van der Waals surface area contributed by atoms with Gasteiger partial charge in [0.05, 0.1) is 11.4 Å². The third-order valence-corrected chi connectivity index (χ3v) is 5.27. The summed E-state index contributed by atoms with van der Waals surface area (Å²) in [5, 5.41) is 10.9. The highest BCUT2D eigenvalue weighted by atomic mass is 16.5. The van der Waals surface area contributed by atoms with E-state index in [-0.39, 0.29) is 6.04 Å². The van der Waals surface area contributed by atoms with Gasteiger partial charge >= 0.3 is 0 Å². The number of hydrogen-bond acceptors (Lipinski definition) is 6. The van der Waals surface area contributed by atoms with Crippen molar-refractivity contribution in [2.24, 2.45) is 21.7 Å². The van der Waals surface area contributed by atoms with Crippen LogP contribution in [0.1, 0.15) is 25.5 Å². The van der Waals surface area contributed by atoms with Crippen molar-refractivity contribution in [3.63, 3.8) is 0 Å². The predicted octanol–water partition coefficient (Wildman–Crippen LogP) is 4.93. The minimum Gasteiger partial charge on any atom is -0.492 e. The lowest BCUT2D eigenvalue weighted by atomic mass is 9.98. The van der Waals surface area contributed by atoms with Crippen LogP contribution in [0.2, 0.25) is 0 Å². The lowest BCUT2D eigenvalue weighted by Crippen LogP contribution is -2.27. The van der Waals surface area contributed by atoms with Crippen molar-refractivity contribution in [3.05, 3.63) is 66.2 Å². The van der Waals surface area contributed by atoms with E-state index in [0.29, 0.717) is 13.2 Å². The highest BCUT2D eigenvalue weighted by Gasteiger charge is 2.10. The number of benzene rings is 3. The van der Waals surface area contributed by atoms with E-state index in [1.807, 2.05) is 60.7 Å². The van der Waals surface area contributed by atoms with Crippen molar-refractivity contribution in [2.75, 3.05) is 32.8 Å². The standard InChI is InChI=1S/C24H31N5O/c1-3-29(4-2)15-16-30-19-11-9-18(10-12-19)27-28-24-14-13-21(23(26)17-25)20-7-5-6-8-22(20)24/h5-14,23H,3-4,15-17,25-26H2,1-2H3. The Balaban J connectivity index is 1.71. The Morgan fingerprint density at radius 3 is 2.27 bits per heavy atom. The van der Waals surface area contributed by atoms with E-state index >= 15 is 0 Å². The molecule has 3 aromatic rings. The molecule has 0 spiro atoms. The fourth-order valence-electron chi connectivity index (χ4n) is 3.40. The monoisotopic (exact) mass is 405 g/mol. The van der Waals surface area contributed by atoms with Gasteiger partial charge in [-0.25, -0.2) is 0 Å². The first-order valence-corrected chi connectivity index (χ1v) is 10.5. The molecule has 0 aliphatic heterocycles. The molecule has 0 heterocycles. The van der Waals surface area contributed by atoms with Crippen LogP contribution in [-0.2, 0) is 0 Å². The third-order valence-electron chi connectivity index (χ3n) is 5.27. The second-order valence-corrected chi connectivity index (χ2v) is 7.13. The first-order chi connectivity index (χ1) is 14.7. The Labute approximate surface area is 178 Å². The summed E-state index contributed by atoms with van der Waals surface area (Å²) in [4.78, 5) is 2.33. The molecule has 6 nitrogen and oxygen atoms in total. The fourth-order valence-corrected chi connectivity index (χ4v) is 3.40. The van der Waals surface area contributed by atoms with Gasteiger partial charge in [0, 0.05) is 24.5 Å². The van der Waals surface area contributed by atoms with Crippen LogP contribution in [0.5, 0.6) is 5.75 Å². The zero-order valence-electron chi connectivity index (χ0n) is 17.8. The summed E-state index contributed by atoms with van der Waals surface area (Å²) >= 11 is 0. The number of ether oxygens (including phenoxy) is 1. The van der Waals surface area contributed by atoms with Crippen LogP contribution in [0.25, 0.3) is 10.8 Å². The third kappa shape index (κ3) is 5.42. The molecule has 0 amide bonds. The van der Waals surface area contributed by atoms with Gasteiger partial charge in [-0.1, -0.05) is 44.2 Å². The normalized spacial score (nSPS) is 12.7. The van der Waals surface area contributed by atoms with Crippen molar-refractivity contribution in [1.29, 1.82) is 0 Å². The minimum absolute atomic E-state index is 0.199. The maximum Gasteiger partial charge on any atom is 0.119 e. The number of nitrogens with two attached hydrogens (primary N) is 2. The lowest BCUT2D eigenvalue weighted by molar-refractivity contribution is 0.223. The Morgan fingerprint density at radius 1 is 0.900 bits per heavy atom. The van der Waals surface area contributed by atoms with E-state index in [1.165, 1.54) is 0 Å². The average molecular weight is 406 g/mol. The molecule has 1 atom stereocenters. The topological polar surface area (TPSA) is 89.2 Å². The number of rotatable bonds is 10. The van der Waals surface area contributed by atoms with Crippen molar-refractivity contribution in [2.45, 2.75) is 19.9 Å². The van der Waals surface area contributed by atoms with Gasteiger partial charge in [-0.2, -0.15) is 5.11 Å². The molecule has 30 heavy (non-hydrogen) atoms. The smallest absolute Gasteiger partial charge is 0.119 e. The van der Waals surface area contributed by atoms with Gasteiger partial charge in [-0.3, -0.25) is 0 Å². The molecule has 0 radical (unpaired) electrons. The number of hydrogen-bond donors (Lipinski definition) is 2. The van der Waals surface area contributed by atoms with Gasteiger partial charge < -0.3 is 21.1 Å². The van der Waals surface area contributed by atoms with E-state index in [0.717, 1.165) is 53.1 Å². The number of nitrogens with zero attached hydrogens (tertiary/aromatic N) is 3. The zero-order valence-corrected chi connectivity index (χ0v) is 17.8. The quantitative estimate of drug-likeness (QED) is 0.468. The van der Waals surface area contributed by atoms with Crippen LogP contribution >= 0.6 is 0 Å². The van der Waals surface area contributed by atoms with Crippen molar-refractivity contribution in [1.82, 2.24) is 4.90 Å². The molecule has 6 heteroatoms. The van der Waals surface area contributed by atoms with E-state index in [1.54, 1.807) is 0 Å². The molecule has 3 aromatic carbocycles. The highest BCUT2D eigenvalue weighted by molar-refractivity contribution is 5.95. The second-order valence-electron chi connectivity index (χ2n) is 7.13. The predicted molar refractivity (Wildman–Crippen MR) is 124 cm³/mol. The molecule has 0 fully saturated rings.